The average Bonchev–Trinajstić information content (AvgIpc) is 2.74. The average molecular weight is 339 g/mol. The summed E-state index contributed by atoms with van der Waals surface area (Å²) in [7, 11) is 0. The minimum Gasteiger partial charge on any atom is -0.265 e. The first-order chi connectivity index (χ1) is 12.9. The van der Waals surface area contributed by atoms with Crippen molar-refractivity contribution in [3.63, 3.8) is 0 Å². The van der Waals surface area contributed by atoms with E-state index in [0.29, 0.717) is 17.3 Å². The number of hydrogen-bond acceptors (Lipinski definition) is 7. The molecule has 0 saturated heterocycles. The van der Waals surface area contributed by atoms with Gasteiger partial charge in [0.1, 0.15) is 5.69 Å². The Labute approximate surface area is 149 Å². The molecule has 0 N–H and O–H groups in total. The van der Waals surface area contributed by atoms with Crippen LogP contribution in [0, 0.1) is 0 Å². The van der Waals surface area contributed by atoms with E-state index in [1.807, 2.05) is 24.5 Å². The number of nitrogens with zero attached hydrogens (tertiary/aromatic N) is 7. The summed E-state index contributed by atoms with van der Waals surface area (Å²) in [6.07, 6.45) is 13.8. The van der Waals surface area contributed by atoms with Gasteiger partial charge in [0.25, 0.3) is 0 Å². The van der Waals surface area contributed by atoms with Crippen molar-refractivity contribution in [2.45, 2.75) is 12.8 Å². The van der Waals surface area contributed by atoms with Gasteiger partial charge in [0.2, 0.25) is 0 Å². The first-order valence-corrected chi connectivity index (χ1v) is 8.27. The van der Waals surface area contributed by atoms with E-state index in [1.54, 1.807) is 31.0 Å². The highest BCUT2D eigenvalue weighted by Crippen LogP contribution is 2.32. The molecule has 0 amide bonds. The number of pyridine rings is 1. The maximum absolute atomic E-state index is 4.76. The lowest BCUT2D eigenvalue weighted by Crippen LogP contribution is -2.11. The Kier molecular flexibility index (Phi) is 3.41. The van der Waals surface area contributed by atoms with Crippen molar-refractivity contribution in [3.8, 4) is 34.2 Å². The van der Waals surface area contributed by atoms with Crippen molar-refractivity contribution in [2.75, 3.05) is 0 Å². The molecule has 7 nitrogen and oxygen atoms in total. The second-order valence-corrected chi connectivity index (χ2v) is 5.95. The van der Waals surface area contributed by atoms with Gasteiger partial charge in [-0.3, -0.25) is 9.97 Å². The van der Waals surface area contributed by atoms with Crippen LogP contribution in [0.5, 0.6) is 0 Å². The van der Waals surface area contributed by atoms with E-state index >= 15 is 0 Å². The largest absolute Gasteiger partial charge is 0.265 e. The molecule has 5 rings (SSSR count). The number of aromatic nitrogens is 7. The third-order valence-corrected chi connectivity index (χ3v) is 4.35. The summed E-state index contributed by atoms with van der Waals surface area (Å²) in [5.74, 6) is 1.26. The van der Waals surface area contributed by atoms with E-state index in [0.717, 1.165) is 40.9 Å². The Morgan fingerprint density at radius 2 is 1.58 bits per heavy atom. The van der Waals surface area contributed by atoms with E-state index in [-0.39, 0.29) is 0 Å². The predicted octanol–water partition coefficient (Wildman–Crippen LogP) is 2.55. The molecule has 0 fully saturated rings. The summed E-state index contributed by atoms with van der Waals surface area (Å²) < 4.78 is 0. The summed E-state index contributed by atoms with van der Waals surface area (Å²) >= 11 is 0. The zero-order chi connectivity index (χ0) is 17.3. The van der Waals surface area contributed by atoms with Crippen molar-refractivity contribution in [1.29, 1.82) is 0 Å². The monoisotopic (exact) mass is 339 g/mol. The molecule has 26 heavy (non-hydrogen) atoms. The zero-order valence-corrected chi connectivity index (χ0v) is 13.7. The van der Waals surface area contributed by atoms with Crippen molar-refractivity contribution < 1.29 is 0 Å². The highest BCUT2D eigenvalue weighted by Gasteiger charge is 2.21. The van der Waals surface area contributed by atoms with Crippen LogP contribution >= 0.6 is 0 Å². The molecule has 0 spiro atoms. The van der Waals surface area contributed by atoms with Crippen LogP contribution in [-0.4, -0.2) is 34.9 Å². The molecule has 0 saturated carbocycles. The van der Waals surface area contributed by atoms with E-state index in [1.165, 1.54) is 0 Å². The molecule has 4 heterocycles. The first kappa shape index (κ1) is 14.7. The van der Waals surface area contributed by atoms with Crippen molar-refractivity contribution in [2.24, 2.45) is 0 Å². The lowest BCUT2D eigenvalue weighted by Gasteiger charge is -2.18. The molecule has 4 aromatic heterocycles. The summed E-state index contributed by atoms with van der Waals surface area (Å²) in [6, 6.07) is 3.82. The van der Waals surface area contributed by atoms with Gasteiger partial charge in [-0.15, -0.1) is 0 Å². The summed E-state index contributed by atoms with van der Waals surface area (Å²) in [4.78, 5) is 30.9. The smallest absolute Gasteiger partial charge is 0.180 e. The number of hydrogen-bond donors (Lipinski definition) is 0. The normalized spacial score (nSPS) is 12.3. The molecule has 0 atom stereocenters. The second kappa shape index (κ2) is 6.03. The Morgan fingerprint density at radius 1 is 0.692 bits per heavy atom. The Balaban J connectivity index is 1.61. The molecule has 4 aromatic rings. The molecular weight excluding hydrogens is 326 g/mol. The number of fused-ring (bicyclic) bond motifs is 3. The Bertz CT molecular complexity index is 1080. The van der Waals surface area contributed by atoms with Gasteiger partial charge < -0.3 is 0 Å². The molecule has 124 valence electrons. The number of aryl methyl sites for hydroxylation is 2. The highest BCUT2D eigenvalue weighted by molar-refractivity contribution is 5.70. The van der Waals surface area contributed by atoms with Crippen LogP contribution in [-0.2, 0) is 12.8 Å². The van der Waals surface area contributed by atoms with Crippen LogP contribution in [0.15, 0.2) is 55.5 Å². The summed E-state index contributed by atoms with van der Waals surface area (Å²) in [5.41, 5.74) is 5.54. The van der Waals surface area contributed by atoms with Gasteiger partial charge in [-0.25, -0.2) is 24.9 Å². The fraction of sp³-hybridized carbons (Fsp3) is 0.105. The molecule has 0 aromatic carbocycles. The maximum Gasteiger partial charge on any atom is 0.180 e. The minimum atomic E-state index is 0.558. The second-order valence-electron chi connectivity index (χ2n) is 5.95. The van der Waals surface area contributed by atoms with Gasteiger partial charge >= 0.3 is 0 Å². The summed E-state index contributed by atoms with van der Waals surface area (Å²) in [6.45, 7) is 0. The molecule has 7 heteroatoms. The van der Waals surface area contributed by atoms with E-state index in [2.05, 4.69) is 24.9 Å². The van der Waals surface area contributed by atoms with Gasteiger partial charge in [-0.05, 0) is 30.5 Å². The van der Waals surface area contributed by atoms with E-state index in [9.17, 15) is 0 Å². The van der Waals surface area contributed by atoms with Gasteiger partial charge in [0, 0.05) is 48.3 Å². The van der Waals surface area contributed by atoms with Crippen LogP contribution in [0.1, 0.15) is 11.3 Å². The predicted molar refractivity (Wildman–Crippen MR) is 94.7 cm³/mol. The Morgan fingerprint density at radius 3 is 2.42 bits per heavy atom. The molecule has 1 aliphatic carbocycles. The van der Waals surface area contributed by atoms with Gasteiger partial charge in [-0.2, -0.15) is 0 Å². The first-order valence-electron chi connectivity index (χ1n) is 8.27. The topological polar surface area (TPSA) is 90.2 Å². The van der Waals surface area contributed by atoms with E-state index < -0.39 is 0 Å². The standard InChI is InChI=1S/C19H13N7/c1-2-15-14(10-24-18(25-15)12-3-5-20-6-4-12)17-13(1)9-23-19(26-17)16-11-21-7-8-22-16/h3-11H,1-2H2. The molecule has 1 aliphatic rings. The van der Waals surface area contributed by atoms with Gasteiger partial charge in [0.05, 0.1) is 17.6 Å². The zero-order valence-electron chi connectivity index (χ0n) is 13.7. The lowest BCUT2D eigenvalue weighted by atomic mass is 9.94. The molecular formula is C19H13N7. The highest BCUT2D eigenvalue weighted by atomic mass is 14.9. The van der Waals surface area contributed by atoms with Gasteiger partial charge in [0.15, 0.2) is 11.6 Å². The molecule has 0 aliphatic heterocycles. The van der Waals surface area contributed by atoms with Gasteiger partial charge in [-0.1, -0.05) is 0 Å². The van der Waals surface area contributed by atoms with Crippen molar-refractivity contribution in [1.82, 2.24) is 34.9 Å². The summed E-state index contributed by atoms with van der Waals surface area (Å²) in [5, 5.41) is 0. The van der Waals surface area contributed by atoms with Crippen molar-refractivity contribution >= 4 is 0 Å². The maximum atomic E-state index is 4.76. The van der Waals surface area contributed by atoms with E-state index in [4.69, 9.17) is 9.97 Å². The Hall–Kier alpha value is -3.61. The van der Waals surface area contributed by atoms with Crippen molar-refractivity contribution in [3.05, 3.63) is 66.8 Å². The quantitative estimate of drug-likeness (QED) is 0.554. The van der Waals surface area contributed by atoms with Crippen LogP contribution in [0.4, 0.5) is 0 Å². The van der Waals surface area contributed by atoms with Crippen LogP contribution in [0.3, 0.4) is 0 Å². The van der Waals surface area contributed by atoms with Crippen LogP contribution < -0.4 is 0 Å². The fourth-order valence-electron chi connectivity index (χ4n) is 3.06. The molecule has 0 unspecified atom stereocenters. The fourth-order valence-corrected chi connectivity index (χ4v) is 3.06. The minimum absolute atomic E-state index is 0.558. The molecule has 0 bridgehead atoms. The number of rotatable bonds is 2. The third kappa shape index (κ3) is 2.50. The lowest BCUT2D eigenvalue weighted by molar-refractivity contribution is 0.865. The third-order valence-electron chi connectivity index (χ3n) is 4.35. The van der Waals surface area contributed by atoms with Crippen LogP contribution in [0.2, 0.25) is 0 Å². The van der Waals surface area contributed by atoms with Crippen LogP contribution in [0.25, 0.3) is 34.2 Å². The molecule has 0 radical (unpaired) electrons. The SMILES string of the molecule is c1cc(-c2ncc3c(n2)CCc2cnc(-c4cnccn4)nc2-3)ccn1.